The molecule has 1 aromatic carbocycles. The summed E-state index contributed by atoms with van der Waals surface area (Å²) in [5.74, 6) is -2.18. The summed E-state index contributed by atoms with van der Waals surface area (Å²) < 4.78 is 16.1. The van der Waals surface area contributed by atoms with Gasteiger partial charge in [0.2, 0.25) is 6.04 Å². The lowest BCUT2D eigenvalue weighted by Crippen LogP contribution is -2.56. The van der Waals surface area contributed by atoms with Crippen molar-refractivity contribution in [3.8, 4) is 0 Å². The van der Waals surface area contributed by atoms with Crippen molar-refractivity contribution in [3.63, 3.8) is 0 Å². The molecule has 0 N–H and O–H groups in total. The number of nitrogens with zero attached hydrogens (tertiary/aromatic N) is 3. The van der Waals surface area contributed by atoms with Crippen molar-refractivity contribution in [1.29, 1.82) is 0 Å². The van der Waals surface area contributed by atoms with Gasteiger partial charge in [0, 0.05) is 25.6 Å². The van der Waals surface area contributed by atoms with E-state index in [0.717, 1.165) is 37.6 Å². The third kappa shape index (κ3) is 6.96. The lowest BCUT2D eigenvalue weighted by molar-refractivity contribution is -0.159. The number of Topliss-reactive ketones (excluding diaryl/α,β-unsaturated/α-hetero) is 1. The van der Waals surface area contributed by atoms with Crippen LogP contribution >= 0.6 is 0 Å². The maximum absolute atomic E-state index is 13.6. The highest BCUT2D eigenvalue weighted by Gasteiger charge is 2.53. The van der Waals surface area contributed by atoms with E-state index in [9.17, 15) is 19.2 Å². The highest BCUT2D eigenvalue weighted by atomic mass is 16.6. The molecule has 10 heteroatoms. The number of hydrogen-bond donors (Lipinski definition) is 0. The minimum absolute atomic E-state index is 0.0104. The molecule has 0 aliphatic carbocycles. The lowest BCUT2D eigenvalue weighted by Gasteiger charge is -2.37. The third-order valence-corrected chi connectivity index (χ3v) is 6.79. The van der Waals surface area contributed by atoms with Gasteiger partial charge in [0.15, 0.2) is 5.69 Å². The summed E-state index contributed by atoms with van der Waals surface area (Å²) in [6, 6.07) is 4.91. The van der Waals surface area contributed by atoms with Crippen LogP contribution in [0, 0.1) is 0 Å². The minimum atomic E-state index is -0.999. The molecule has 40 heavy (non-hydrogen) atoms. The molecule has 0 saturated heterocycles. The monoisotopic (exact) mass is 556 g/mol. The molecule has 2 aliphatic rings. The Morgan fingerprint density at radius 2 is 1.68 bits per heavy atom. The van der Waals surface area contributed by atoms with Gasteiger partial charge in [0.25, 0.3) is 5.78 Å². The average Bonchev–Trinajstić information content (AvgIpc) is 3.08. The molecule has 0 spiro atoms. The number of rotatable bonds is 9. The molecule has 0 aromatic heterocycles. The number of ketones is 1. The van der Waals surface area contributed by atoms with Crippen LogP contribution < -0.4 is 4.48 Å². The normalized spacial score (nSPS) is 19.7. The first-order chi connectivity index (χ1) is 18.6. The molecule has 0 radical (unpaired) electrons. The molecule has 1 amide bonds. The average molecular weight is 557 g/mol. The number of carbonyl (C=O) groups is 4. The number of amides is 1. The van der Waals surface area contributed by atoms with E-state index in [4.69, 9.17) is 9.47 Å². The van der Waals surface area contributed by atoms with Crippen LogP contribution in [-0.2, 0) is 35.0 Å². The van der Waals surface area contributed by atoms with E-state index in [0.29, 0.717) is 25.1 Å². The van der Waals surface area contributed by atoms with Gasteiger partial charge >= 0.3 is 18.0 Å². The van der Waals surface area contributed by atoms with Gasteiger partial charge in [-0.15, -0.1) is 0 Å². The van der Waals surface area contributed by atoms with E-state index >= 15 is 0 Å². The zero-order valence-electron chi connectivity index (χ0n) is 24.9. The number of benzene rings is 1. The molecule has 2 aliphatic heterocycles. The lowest BCUT2D eigenvalue weighted by atomic mass is 10.00. The second-order valence-corrected chi connectivity index (χ2v) is 12.3. The molecular formula is C30H42N3O7+. The Kier molecular flexibility index (Phi) is 9.24. The summed E-state index contributed by atoms with van der Waals surface area (Å²) >= 11 is 0. The van der Waals surface area contributed by atoms with Gasteiger partial charge in [-0.1, -0.05) is 12.1 Å². The molecule has 0 fully saturated rings. The number of hydrogen-bond acceptors (Lipinski definition) is 8. The molecule has 0 saturated carbocycles. The second kappa shape index (κ2) is 11.9. The van der Waals surface area contributed by atoms with Crippen LogP contribution in [0.15, 0.2) is 35.6 Å². The van der Waals surface area contributed by atoms with Gasteiger partial charge in [0.05, 0.1) is 25.4 Å². The Balaban J connectivity index is 1.88. The second-order valence-electron chi connectivity index (χ2n) is 12.3. The van der Waals surface area contributed by atoms with Gasteiger partial charge in [-0.2, -0.15) is 0 Å². The van der Waals surface area contributed by atoms with Crippen LogP contribution in [0.1, 0.15) is 71.9 Å². The van der Waals surface area contributed by atoms with Crippen LogP contribution in [0.4, 0.5) is 10.5 Å². The number of esters is 2. The van der Waals surface area contributed by atoms with Crippen LogP contribution in [0.25, 0.3) is 0 Å². The SMILES string of the molecule is COC(=O)C(=O)C1=NC=C[N+]2(CCCCCN(C)C(=O)OC(C)(C)C)c3c(cccc31)CC2C(=O)OC(C)(C)C. The summed E-state index contributed by atoms with van der Waals surface area (Å²) in [5.41, 5.74) is 0.929. The Morgan fingerprint density at radius 1 is 1.00 bits per heavy atom. The summed E-state index contributed by atoms with van der Waals surface area (Å²) in [4.78, 5) is 56.9. The number of ether oxygens (including phenoxy) is 3. The number of methoxy groups -OCH3 is 1. The molecule has 2 atom stereocenters. The standard InChI is InChI=1S/C30H42N3O7/c1-29(2,3)39-26(35)22-19-20-13-12-14-21-23(25(34)27(36)38-8)31-15-18-33(22,24(20)21)17-11-9-10-16-32(7)28(37)40-30(4,5)6/h12-15,18,22H,9-11,16-17,19H2,1-8H3/q+1. The predicted octanol–water partition coefficient (Wildman–Crippen LogP) is 4.31. The van der Waals surface area contributed by atoms with Crippen molar-refractivity contribution in [1.82, 2.24) is 9.38 Å². The van der Waals surface area contributed by atoms with E-state index in [-0.39, 0.29) is 22.3 Å². The number of carbonyl (C=O) groups excluding carboxylic acids is 4. The first-order valence-electron chi connectivity index (χ1n) is 13.6. The number of para-hydroxylation sites is 1. The molecule has 2 heterocycles. The van der Waals surface area contributed by atoms with Crippen molar-refractivity contribution in [2.75, 3.05) is 27.2 Å². The zero-order valence-corrected chi connectivity index (χ0v) is 24.9. The van der Waals surface area contributed by atoms with Gasteiger partial charge < -0.3 is 19.1 Å². The molecule has 10 nitrogen and oxygen atoms in total. The Labute approximate surface area is 236 Å². The fourth-order valence-corrected chi connectivity index (χ4v) is 5.12. The smallest absolute Gasteiger partial charge is 0.410 e. The van der Waals surface area contributed by atoms with Crippen molar-refractivity contribution < 1.29 is 33.4 Å². The molecule has 3 rings (SSSR count). The fourth-order valence-electron chi connectivity index (χ4n) is 5.12. The largest absolute Gasteiger partial charge is 0.463 e. The van der Waals surface area contributed by atoms with Crippen molar-refractivity contribution in [2.45, 2.75) is 84.5 Å². The van der Waals surface area contributed by atoms with E-state index in [1.54, 1.807) is 24.1 Å². The maximum Gasteiger partial charge on any atom is 0.410 e. The van der Waals surface area contributed by atoms with Crippen molar-refractivity contribution in [2.24, 2.45) is 4.99 Å². The highest BCUT2D eigenvalue weighted by molar-refractivity contribution is 6.67. The fraction of sp³-hybridized carbons (Fsp3) is 0.567. The molecule has 0 bridgehead atoms. The molecule has 218 valence electrons. The van der Waals surface area contributed by atoms with Crippen LogP contribution in [0.3, 0.4) is 0 Å². The number of aliphatic imine (C=N–C) groups is 1. The first kappa shape index (κ1) is 31.0. The van der Waals surface area contributed by atoms with E-state index in [2.05, 4.69) is 9.73 Å². The van der Waals surface area contributed by atoms with Gasteiger partial charge in [-0.3, -0.25) is 9.28 Å². The van der Waals surface area contributed by atoms with E-state index < -0.39 is 29.0 Å². The van der Waals surface area contributed by atoms with Gasteiger partial charge in [-0.25, -0.2) is 19.4 Å². The van der Waals surface area contributed by atoms with E-state index in [1.165, 1.54) is 6.20 Å². The Hall–Kier alpha value is -3.53. The number of unbranched alkanes of at least 4 members (excludes halogenated alkanes) is 2. The highest BCUT2D eigenvalue weighted by Crippen LogP contribution is 2.45. The molecule has 2 unspecified atom stereocenters. The minimum Gasteiger partial charge on any atom is -0.463 e. The Morgan fingerprint density at radius 3 is 2.30 bits per heavy atom. The van der Waals surface area contributed by atoms with Crippen molar-refractivity contribution in [3.05, 3.63) is 41.7 Å². The number of quaternary nitrogens is 1. The molecular weight excluding hydrogens is 514 g/mol. The summed E-state index contributed by atoms with van der Waals surface area (Å²) in [6.07, 6.45) is 5.63. The van der Waals surface area contributed by atoms with Crippen LogP contribution in [-0.4, -0.2) is 78.9 Å². The molecule has 1 aromatic rings. The summed E-state index contributed by atoms with van der Waals surface area (Å²) in [6.45, 7) is 12.1. The quantitative estimate of drug-likeness (QED) is 0.146. The summed E-state index contributed by atoms with van der Waals surface area (Å²) in [7, 11) is 2.87. The van der Waals surface area contributed by atoms with Crippen LogP contribution in [0.5, 0.6) is 0 Å². The van der Waals surface area contributed by atoms with Crippen molar-refractivity contribution >= 4 is 35.2 Å². The van der Waals surface area contributed by atoms with Crippen LogP contribution in [0.2, 0.25) is 0 Å². The van der Waals surface area contributed by atoms with E-state index in [1.807, 2.05) is 53.8 Å². The Bertz CT molecular complexity index is 1220. The van der Waals surface area contributed by atoms with Gasteiger partial charge in [0.1, 0.15) is 23.1 Å². The topological polar surface area (TPSA) is 112 Å². The van der Waals surface area contributed by atoms with Gasteiger partial charge in [-0.05, 0) is 66.9 Å². The predicted molar refractivity (Wildman–Crippen MR) is 152 cm³/mol. The zero-order chi connectivity index (χ0) is 29.9. The summed E-state index contributed by atoms with van der Waals surface area (Å²) in [5, 5.41) is 0. The first-order valence-corrected chi connectivity index (χ1v) is 13.6. The maximum atomic E-state index is 13.6. The third-order valence-electron chi connectivity index (χ3n) is 6.79.